The van der Waals surface area contributed by atoms with Gasteiger partial charge in [-0.1, -0.05) is 75.2 Å². The topological polar surface area (TPSA) is 55.4 Å². The van der Waals surface area contributed by atoms with Crippen LogP contribution in [-0.4, -0.2) is 11.6 Å². The van der Waals surface area contributed by atoms with Gasteiger partial charge in [-0.2, -0.15) is 0 Å². The second kappa shape index (κ2) is 9.08. The molecule has 0 atom stereocenters. The van der Waals surface area contributed by atoms with E-state index in [1.54, 1.807) is 12.1 Å². The Hall–Kier alpha value is -2.56. The molecule has 0 spiro atoms. The second-order valence-electron chi connectivity index (χ2n) is 11.8. The van der Waals surface area contributed by atoms with Crippen molar-refractivity contribution in [3.63, 3.8) is 0 Å². The molecule has 2 aromatic rings. The van der Waals surface area contributed by atoms with E-state index in [0.717, 1.165) is 35.4 Å². The maximum atomic E-state index is 13.6. The van der Waals surface area contributed by atoms with E-state index in [4.69, 9.17) is 27.9 Å². The van der Waals surface area contributed by atoms with Crippen LogP contribution in [0.3, 0.4) is 0 Å². The van der Waals surface area contributed by atoms with Crippen LogP contribution in [-0.2, 0) is 16.2 Å². The Balaban J connectivity index is 1.61. The molecular weight excluding hydrogens is 493 g/mol. The number of Topliss-reactive ketones (excluding diaryl/α,β-unsaturated/α-hetero) is 2. The van der Waals surface area contributed by atoms with E-state index in [9.17, 15) is 9.59 Å². The van der Waals surface area contributed by atoms with Crippen molar-refractivity contribution in [1.29, 1.82) is 0 Å². The lowest BCUT2D eigenvalue weighted by Gasteiger charge is -2.44. The maximum absolute atomic E-state index is 13.6. The van der Waals surface area contributed by atoms with E-state index in [1.165, 1.54) is 0 Å². The van der Waals surface area contributed by atoms with Crippen molar-refractivity contribution in [2.24, 2.45) is 10.8 Å². The minimum Gasteiger partial charge on any atom is -0.489 e. The zero-order chi connectivity index (χ0) is 25.8. The Labute approximate surface area is 222 Å². The molecule has 1 heterocycles. The summed E-state index contributed by atoms with van der Waals surface area (Å²) in [5.74, 6) is 0.390. The van der Waals surface area contributed by atoms with Crippen LogP contribution in [0, 0.1) is 10.8 Å². The fraction of sp³-hybridized carbons (Fsp3) is 0.400. The maximum Gasteiger partial charge on any atom is 0.162 e. The molecule has 188 valence electrons. The van der Waals surface area contributed by atoms with Gasteiger partial charge in [0.05, 0.1) is 0 Å². The standard InChI is InChI=1S/C30H31Cl2NO3/c1-29(2)12-21-27(23(34)14-29)26(28-22(33-21)13-30(3,4)15-24(28)35)19-7-5-6-8-25(19)36-16-17-9-10-18(31)11-20(17)32/h5-11,26,33H,12-16H2,1-4H3. The van der Waals surface area contributed by atoms with Crippen molar-refractivity contribution >= 4 is 34.8 Å². The number of hydrogen-bond acceptors (Lipinski definition) is 4. The number of allylic oxidation sites excluding steroid dienone is 4. The number of rotatable bonds is 4. The molecule has 0 saturated carbocycles. The molecule has 5 rings (SSSR count). The average molecular weight is 524 g/mol. The van der Waals surface area contributed by atoms with Gasteiger partial charge in [0.1, 0.15) is 12.4 Å². The molecule has 1 N–H and O–H groups in total. The summed E-state index contributed by atoms with van der Waals surface area (Å²) in [6.07, 6.45) is 2.43. The fourth-order valence-electron chi connectivity index (χ4n) is 5.84. The number of halogens is 2. The first-order valence-electron chi connectivity index (χ1n) is 12.4. The third-order valence-electron chi connectivity index (χ3n) is 7.35. The molecule has 36 heavy (non-hydrogen) atoms. The van der Waals surface area contributed by atoms with Gasteiger partial charge >= 0.3 is 0 Å². The average Bonchev–Trinajstić information content (AvgIpc) is 2.75. The summed E-state index contributed by atoms with van der Waals surface area (Å²) in [4.78, 5) is 27.2. The van der Waals surface area contributed by atoms with E-state index in [-0.39, 0.29) is 29.0 Å². The molecule has 1 aliphatic heterocycles. The first kappa shape index (κ1) is 25.1. The molecule has 3 aliphatic rings. The molecule has 0 radical (unpaired) electrons. The van der Waals surface area contributed by atoms with Gasteiger partial charge < -0.3 is 10.1 Å². The zero-order valence-electron chi connectivity index (χ0n) is 21.1. The fourth-order valence-corrected chi connectivity index (χ4v) is 6.31. The molecule has 0 amide bonds. The normalized spacial score (nSPS) is 21.2. The highest BCUT2D eigenvalue weighted by atomic mass is 35.5. The van der Waals surface area contributed by atoms with Crippen molar-refractivity contribution in [3.05, 3.63) is 86.2 Å². The number of benzene rings is 2. The van der Waals surface area contributed by atoms with Crippen molar-refractivity contribution in [3.8, 4) is 5.75 Å². The van der Waals surface area contributed by atoms with Crippen molar-refractivity contribution in [1.82, 2.24) is 5.32 Å². The summed E-state index contributed by atoms with van der Waals surface area (Å²) < 4.78 is 6.29. The Morgan fingerprint density at radius 2 is 1.44 bits per heavy atom. The third kappa shape index (κ3) is 4.73. The quantitative estimate of drug-likeness (QED) is 0.449. The largest absolute Gasteiger partial charge is 0.489 e. The van der Waals surface area contributed by atoms with Crippen LogP contribution in [0.25, 0.3) is 0 Å². The molecule has 0 bridgehead atoms. The number of ether oxygens (including phenoxy) is 1. The number of carbonyl (C=O) groups excluding carboxylic acids is 2. The highest BCUT2D eigenvalue weighted by Crippen LogP contribution is 2.52. The molecule has 6 heteroatoms. The summed E-state index contributed by atoms with van der Waals surface area (Å²) in [6.45, 7) is 8.74. The van der Waals surface area contributed by atoms with Gasteiger partial charge in [-0.3, -0.25) is 9.59 Å². The first-order chi connectivity index (χ1) is 16.9. The summed E-state index contributed by atoms with van der Waals surface area (Å²) in [5, 5.41) is 4.66. The molecule has 0 fully saturated rings. The van der Waals surface area contributed by atoms with Gasteiger partial charge in [0.25, 0.3) is 0 Å². The lowest BCUT2D eigenvalue weighted by Crippen LogP contribution is -2.42. The number of nitrogens with one attached hydrogen (secondary N) is 1. The molecule has 0 aromatic heterocycles. The Morgan fingerprint density at radius 3 is 2.03 bits per heavy atom. The van der Waals surface area contributed by atoms with Crippen LogP contribution in [0.5, 0.6) is 5.75 Å². The molecule has 0 unspecified atom stereocenters. The molecule has 2 aliphatic carbocycles. The van der Waals surface area contributed by atoms with Gasteiger partial charge in [0.2, 0.25) is 0 Å². The molecule has 4 nitrogen and oxygen atoms in total. The van der Waals surface area contributed by atoms with E-state index in [1.807, 2.05) is 30.3 Å². The van der Waals surface area contributed by atoms with E-state index < -0.39 is 5.92 Å². The van der Waals surface area contributed by atoms with E-state index >= 15 is 0 Å². The van der Waals surface area contributed by atoms with Gasteiger partial charge in [0.15, 0.2) is 11.6 Å². The van der Waals surface area contributed by atoms with Crippen LogP contribution in [0.1, 0.15) is 70.4 Å². The van der Waals surface area contributed by atoms with Crippen molar-refractivity contribution in [2.45, 2.75) is 65.9 Å². The monoisotopic (exact) mass is 523 g/mol. The first-order valence-corrected chi connectivity index (χ1v) is 13.1. The van der Waals surface area contributed by atoms with Crippen LogP contribution in [0.15, 0.2) is 65.0 Å². The summed E-state index contributed by atoms with van der Waals surface area (Å²) in [6, 6.07) is 13.0. The van der Waals surface area contributed by atoms with Crippen molar-refractivity contribution in [2.75, 3.05) is 0 Å². The molecule has 0 saturated heterocycles. The van der Waals surface area contributed by atoms with Crippen molar-refractivity contribution < 1.29 is 14.3 Å². The third-order valence-corrected chi connectivity index (χ3v) is 7.93. The van der Waals surface area contributed by atoms with Gasteiger partial charge in [-0.25, -0.2) is 0 Å². The Morgan fingerprint density at radius 1 is 0.861 bits per heavy atom. The smallest absolute Gasteiger partial charge is 0.162 e. The highest BCUT2D eigenvalue weighted by Gasteiger charge is 2.47. The lowest BCUT2D eigenvalue weighted by molar-refractivity contribution is -0.119. The van der Waals surface area contributed by atoms with Crippen LogP contribution in [0.2, 0.25) is 10.0 Å². The number of hydrogen-bond donors (Lipinski definition) is 1. The number of ketones is 2. The number of para-hydroxylation sites is 1. The van der Waals surface area contributed by atoms with Gasteiger partial charge in [-0.05, 0) is 41.9 Å². The lowest BCUT2D eigenvalue weighted by atomic mass is 9.64. The van der Waals surface area contributed by atoms with Crippen LogP contribution in [0.4, 0.5) is 0 Å². The predicted octanol–water partition coefficient (Wildman–Crippen LogP) is 7.55. The minimum atomic E-state index is -0.444. The Kier molecular flexibility index (Phi) is 6.33. The van der Waals surface area contributed by atoms with Gasteiger partial charge in [-0.15, -0.1) is 0 Å². The van der Waals surface area contributed by atoms with Crippen LogP contribution < -0.4 is 10.1 Å². The summed E-state index contributed by atoms with van der Waals surface area (Å²) >= 11 is 12.4. The molecular formula is C30H31Cl2NO3. The molecule has 2 aromatic carbocycles. The van der Waals surface area contributed by atoms with Crippen LogP contribution >= 0.6 is 23.2 Å². The van der Waals surface area contributed by atoms with E-state index in [0.29, 0.717) is 39.8 Å². The summed E-state index contributed by atoms with van der Waals surface area (Å²) in [5.41, 5.74) is 4.69. The zero-order valence-corrected chi connectivity index (χ0v) is 22.6. The van der Waals surface area contributed by atoms with E-state index in [2.05, 4.69) is 33.0 Å². The number of carbonyl (C=O) groups is 2. The highest BCUT2D eigenvalue weighted by molar-refractivity contribution is 6.35. The minimum absolute atomic E-state index is 0.0958. The predicted molar refractivity (Wildman–Crippen MR) is 143 cm³/mol. The Bertz CT molecular complexity index is 1280. The summed E-state index contributed by atoms with van der Waals surface area (Å²) in [7, 11) is 0. The second-order valence-corrected chi connectivity index (χ2v) is 12.6. The number of dihydropyridines is 1. The SMILES string of the molecule is CC1(C)CC(=O)C2=C(C1)NC1=C(C(=O)CC(C)(C)C1)C2c1ccccc1OCc1ccc(Cl)cc1Cl. The van der Waals surface area contributed by atoms with Gasteiger partial charge in [0, 0.05) is 62.5 Å².